The number of amides is 1. The second-order valence-electron chi connectivity index (χ2n) is 4.21. The standard InChI is InChI=1S/C12H20N2O/c1-4-6-14(7-5-2)12(15)11-9-13-8-10(11)3/h1,10-11,13H,5-9H2,2-3H3/t10-,11-/m1/s1. The van der Waals surface area contributed by atoms with Crippen LogP contribution in [0.3, 0.4) is 0 Å². The van der Waals surface area contributed by atoms with Gasteiger partial charge in [-0.2, -0.15) is 0 Å². The van der Waals surface area contributed by atoms with Gasteiger partial charge in [-0.1, -0.05) is 19.8 Å². The molecule has 1 aliphatic heterocycles. The minimum atomic E-state index is 0.116. The molecule has 2 atom stereocenters. The van der Waals surface area contributed by atoms with Crippen LogP contribution in [0.2, 0.25) is 0 Å². The molecule has 0 aromatic heterocycles. The van der Waals surface area contributed by atoms with Crippen molar-refractivity contribution in [2.24, 2.45) is 11.8 Å². The summed E-state index contributed by atoms with van der Waals surface area (Å²) in [6.07, 6.45) is 6.23. The lowest BCUT2D eigenvalue weighted by atomic mass is 9.96. The molecule has 0 spiro atoms. The van der Waals surface area contributed by atoms with Crippen molar-refractivity contribution in [2.45, 2.75) is 20.3 Å². The van der Waals surface area contributed by atoms with E-state index >= 15 is 0 Å². The van der Waals surface area contributed by atoms with Gasteiger partial charge in [0.2, 0.25) is 5.91 Å². The van der Waals surface area contributed by atoms with Crippen LogP contribution in [0.25, 0.3) is 0 Å². The first-order valence-corrected chi connectivity index (χ1v) is 5.63. The van der Waals surface area contributed by atoms with Gasteiger partial charge in [0.15, 0.2) is 0 Å². The highest BCUT2D eigenvalue weighted by atomic mass is 16.2. The Kier molecular flexibility index (Phi) is 4.64. The summed E-state index contributed by atoms with van der Waals surface area (Å²) in [5.41, 5.74) is 0. The van der Waals surface area contributed by atoms with Crippen LogP contribution in [0, 0.1) is 24.2 Å². The van der Waals surface area contributed by atoms with Gasteiger partial charge in [-0.3, -0.25) is 4.79 Å². The second kappa shape index (κ2) is 5.77. The van der Waals surface area contributed by atoms with Crippen molar-refractivity contribution in [2.75, 3.05) is 26.2 Å². The summed E-state index contributed by atoms with van der Waals surface area (Å²) in [5.74, 6) is 3.31. The molecule has 1 heterocycles. The molecule has 0 unspecified atom stereocenters. The first-order chi connectivity index (χ1) is 7.20. The summed E-state index contributed by atoms with van der Waals surface area (Å²) in [4.78, 5) is 13.9. The van der Waals surface area contributed by atoms with E-state index in [1.54, 1.807) is 4.90 Å². The summed E-state index contributed by atoms with van der Waals surface area (Å²) in [6.45, 7) is 7.12. The van der Waals surface area contributed by atoms with Crippen molar-refractivity contribution in [1.29, 1.82) is 0 Å². The third-order valence-electron chi connectivity index (χ3n) is 2.92. The van der Waals surface area contributed by atoms with Gasteiger partial charge in [0.25, 0.3) is 0 Å². The van der Waals surface area contributed by atoms with Crippen LogP contribution in [0.15, 0.2) is 0 Å². The molecule has 15 heavy (non-hydrogen) atoms. The Morgan fingerprint density at radius 3 is 2.80 bits per heavy atom. The third-order valence-corrected chi connectivity index (χ3v) is 2.92. The predicted octanol–water partition coefficient (Wildman–Crippen LogP) is 0.714. The average Bonchev–Trinajstić information content (AvgIpc) is 2.63. The Bertz CT molecular complexity index is 257. The van der Waals surface area contributed by atoms with Crippen LogP contribution in [0.4, 0.5) is 0 Å². The summed E-state index contributed by atoms with van der Waals surface area (Å²) in [5, 5.41) is 3.24. The zero-order valence-corrected chi connectivity index (χ0v) is 9.62. The molecule has 84 valence electrons. The molecule has 1 fully saturated rings. The molecular formula is C12H20N2O. The second-order valence-corrected chi connectivity index (χ2v) is 4.21. The molecule has 1 N–H and O–H groups in total. The average molecular weight is 208 g/mol. The van der Waals surface area contributed by atoms with Gasteiger partial charge in [0.1, 0.15) is 0 Å². The first kappa shape index (κ1) is 12.1. The number of carbonyl (C=O) groups excluding carboxylic acids is 1. The van der Waals surface area contributed by atoms with Crippen molar-refractivity contribution >= 4 is 5.91 Å². The van der Waals surface area contributed by atoms with Gasteiger partial charge in [-0.15, -0.1) is 6.42 Å². The number of nitrogens with one attached hydrogen (secondary N) is 1. The predicted molar refractivity (Wildman–Crippen MR) is 61.2 cm³/mol. The number of hydrogen-bond acceptors (Lipinski definition) is 2. The van der Waals surface area contributed by atoms with Crippen LogP contribution >= 0.6 is 0 Å². The van der Waals surface area contributed by atoms with Crippen molar-refractivity contribution in [1.82, 2.24) is 10.2 Å². The topological polar surface area (TPSA) is 32.3 Å². The van der Waals surface area contributed by atoms with E-state index in [0.717, 1.165) is 26.1 Å². The summed E-state index contributed by atoms with van der Waals surface area (Å²) >= 11 is 0. The Balaban J connectivity index is 2.58. The molecule has 3 nitrogen and oxygen atoms in total. The van der Waals surface area contributed by atoms with E-state index in [9.17, 15) is 4.79 Å². The van der Waals surface area contributed by atoms with Gasteiger partial charge in [-0.25, -0.2) is 0 Å². The molecule has 0 saturated carbocycles. The number of carbonyl (C=O) groups is 1. The first-order valence-electron chi connectivity index (χ1n) is 5.63. The Morgan fingerprint density at radius 2 is 2.33 bits per heavy atom. The smallest absolute Gasteiger partial charge is 0.228 e. The SMILES string of the molecule is C#CCN(CCC)C(=O)[C@@H]1CNC[C@H]1C. The number of hydrogen-bond donors (Lipinski definition) is 1. The molecule has 0 radical (unpaired) electrons. The van der Waals surface area contributed by atoms with Crippen LogP contribution in [0.1, 0.15) is 20.3 Å². The van der Waals surface area contributed by atoms with E-state index < -0.39 is 0 Å². The molecule has 1 rings (SSSR count). The van der Waals surface area contributed by atoms with Crippen LogP contribution in [-0.4, -0.2) is 37.0 Å². The highest BCUT2D eigenvalue weighted by Crippen LogP contribution is 2.18. The highest BCUT2D eigenvalue weighted by Gasteiger charge is 2.32. The lowest BCUT2D eigenvalue weighted by Gasteiger charge is -2.24. The molecule has 1 aliphatic rings. The van der Waals surface area contributed by atoms with E-state index in [4.69, 9.17) is 6.42 Å². The van der Waals surface area contributed by atoms with Gasteiger partial charge in [0.05, 0.1) is 12.5 Å². The van der Waals surface area contributed by atoms with E-state index in [0.29, 0.717) is 12.5 Å². The monoisotopic (exact) mass is 208 g/mol. The number of terminal acetylenes is 1. The minimum absolute atomic E-state index is 0.116. The summed E-state index contributed by atoms with van der Waals surface area (Å²) in [6, 6.07) is 0. The van der Waals surface area contributed by atoms with Gasteiger partial charge in [0, 0.05) is 13.1 Å². The lowest BCUT2D eigenvalue weighted by Crippen LogP contribution is -2.39. The third kappa shape index (κ3) is 2.97. The Hall–Kier alpha value is -1.01. The van der Waals surface area contributed by atoms with E-state index in [1.165, 1.54) is 0 Å². The van der Waals surface area contributed by atoms with Crippen LogP contribution in [-0.2, 0) is 4.79 Å². The molecular weight excluding hydrogens is 188 g/mol. The van der Waals surface area contributed by atoms with Gasteiger partial charge < -0.3 is 10.2 Å². The van der Waals surface area contributed by atoms with Crippen molar-refractivity contribution in [3.05, 3.63) is 0 Å². The quantitative estimate of drug-likeness (QED) is 0.690. The minimum Gasteiger partial charge on any atom is -0.331 e. The normalized spacial score (nSPS) is 24.9. The molecule has 0 aromatic carbocycles. The fourth-order valence-electron chi connectivity index (χ4n) is 2.02. The van der Waals surface area contributed by atoms with Gasteiger partial charge in [-0.05, 0) is 18.9 Å². The zero-order chi connectivity index (χ0) is 11.3. The molecule has 0 bridgehead atoms. The largest absolute Gasteiger partial charge is 0.331 e. The van der Waals surface area contributed by atoms with Crippen molar-refractivity contribution < 1.29 is 4.79 Å². The highest BCUT2D eigenvalue weighted by molar-refractivity contribution is 5.80. The van der Waals surface area contributed by atoms with E-state index in [-0.39, 0.29) is 11.8 Å². The maximum Gasteiger partial charge on any atom is 0.228 e. The molecule has 1 saturated heterocycles. The van der Waals surface area contributed by atoms with Crippen molar-refractivity contribution in [3.63, 3.8) is 0 Å². The van der Waals surface area contributed by atoms with E-state index in [1.807, 2.05) is 0 Å². The molecule has 1 amide bonds. The molecule has 0 aromatic rings. The zero-order valence-electron chi connectivity index (χ0n) is 9.62. The summed E-state index contributed by atoms with van der Waals surface area (Å²) < 4.78 is 0. The molecule has 3 heteroatoms. The Labute approximate surface area is 92.2 Å². The fraction of sp³-hybridized carbons (Fsp3) is 0.750. The molecule has 0 aliphatic carbocycles. The van der Waals surface area contributed by atoms with Gasteiger partial charge >= 0.3 is 0 Å². The number of rotatable bonds is 4. The lowest BCUT2D eigenvalue weighted by molar-refractivity contribution is -0.135. The summed E-state index contributed by atoms with van der Waals surface area (Å²) in [7, 11) is 0. The van der Waals surface area contributed by atoms with Crippen LogP contribution in [0.5, 0.6) is 0 Å². The van der Waals surface area contributed by atoms with Crippen molar-refractivity contribution in [3.8, 4) is 12.3 Å². The fourth-order valence-corrected chi connectivity index (χ4v) is 2.02. The van der Waals surface area contributed by atoms with Crippen LogP contribution < -0.4 is 5.32 Å². The Morgan fingerprint density at radius 1 is 1.60 bits per heavy atom. The number of nitrogens with zero attached hydrogens (tertiary/aromatic N) is 1. The van der Waals surface area contributed by atoms with E-state index in [2.05, 4.69) is 25.1 Å². The maximum absolute atomic E-state index is 12.1. The maximum atomic E-state index is 12.1.